The topological polar surface area (TPSA) is 95.9 Å². The normalized spacial score (nSPS) is 25.2. The maximum absolute atomic E-state index is 13.1. The number of carbonyl (C=O) groups is 2. The Bertz CT molecular complexity index is 688. The molecular weight excluding hydrogens is 336 g/mol. The van der Waals surface area contributed by atoms with Crippen molar-refractivity contribution in [3.05, 3.63) is 24.3 Å². The smallest absolute Gasteiger partial charge is 0.411 e. The Morgan fingerprint density at radius 1 is 1.35 bits per heavy atom. The van der Waals surface area contributed by atoms with E-state index in [4.69, 9.17) is 4.74 Å². The minimum Gasteiger partial charge on any atom is -0.444 e. The van der Waals surface area contributed by atoms with Crippen LogP contribution in [0.15, 0.2) is 18.5 Å². The van der Waals surface area contributed by atoms with Gasteiger partial charge in [-0.05, 0) is 46.6 Å². The number of hydrogen-bond acceptors (Lipinski definition) is 6. The van der Waals surface area contributed by atoms with Gasteiger partial charge < -0.3 is 14.7 Å². The molecule has 1 spiro atoms. The first-order chi connectivity index (χ1) is 12.2. The van der Waals surface area contributed by atoms with E-state index >= 15 is 0 Å². The molecule has 8 nitrogen and oxygen atoms in total. The Hall–Kier alpha value is -2.22. The van der Waals surface area contributed by atoms with Crippen molar-refractivity contribution in [2.24, 2.45) is 0 Å². The number of aliphatic hydroxyl groups is 1. The summed E-state index contributed by atoms with van der Waals surface area (Å²) in [6.07, 6.45) is 3.23. The Labute approximate surface area is 153 Å². The zero-order chi connectivity index (χ0) is 19.1. The molecule has 3 heterocycles. The molecule has 2 aliphatic rings. The number of nitrogens with zero attached hydrogens (tertiary/aromatic N) is 4. The summed E-state index contributed by atoms with van der Waals surface area (Å²) in [4.78, 5) is 37.1. The van der Waals surface area contributed by atoms with Gasteiger partial charge in [0.25, 0.3) is 5.91 Å². The van der Waals surface area contributed by atoms with Gasteiger partial charge in [0, 0.05) is 18.9 Å². The number of carbonyl (C=O) groups excluding carboxylic acids is 2. The monoisotopic (exact) mass is 362 g/mol. The van der Waals surface area contributed by atoms with Crippen LogP contribution in [0.1, 0.15) is 52.4 Å². The van der Waals surface area contributed by atoms with E-state index in [9.17, 15) is 14.7 Å². The van der Waals surface area contributed by atoms with Gasteiger partial charge in [0.15, 0.2) is 5.82 Å². The second-order valence-corrected chi connectivity index (χ2v) is 7.99. The minimum atomic E-state index is -0.871. The predicted octanol–water partition coefficient (Wildman–Crippen LogP) is 1.51. The minimum absolute atomic E-state index is 0.181. The second kappa shape index (κ2) is 6.50. The van der Waals surface area contributed by atoms with Crippen molar-refractivity contribution >= 4 is 12.0 Å². The molecule has 0 radical (unpaired) electrons. The third kappa shape index (κ3) is 3.13. The Balaban J connectivity index is 1.80. The van der Waals surface area contributed by atoms with Crippen molar-refractivity contribution in [2.45, 2.75) is 63.8 Å². The molecule has 2 fully saturated rings. The molecule has 0 saturated carbocycles. The van der Waals surface area contributed by atoms with Gasteiger partial charge in [-0.3, -0.25) is 9.69 Å². The molecule has 0 aliphatic carbocycles. The molecule has 26 heavy (non-hydrogen) atoms. The number of likely N-dealkylation sites (tertiary alicyclic amines) is 2. The highest BCUT2D eigenvalue weighted by Crippen LogP contribution is 2.43. The standard InChI is InChI=1S/C18H26N4O4/c1-12(23)13(14-19-8-6-9-20-14)21-11-18(15(21)24)7-5-10-22(18)16(25)26-17(2,3)4/h6,8-9,12-13,23H,5,7,10-11H2,1-4H3/t12-,13+,18?/m1/s1. The van der Waals surface area contributed by atoms with E-state index in [2.05, 4.69) is 9.97 Å². The molecule has 2 saturated heterocycles. The molecule has 1 aromatic heterocycles. The molecule has 2 amide bonds. The van der Waals surface area contributed by atoms with Crippen LogP contribution in [0.5, 0.6) is 0 Å². The number of ether oxygens (including phenoxy) is 1. The van der Waals surface area contributed by atoms with Crippen LogP contribution in [-0.4, -0.2) is 67.2 Å². The molecule has 8 heteroatoms. The molecule has 0 bridgehead atoms. The third-order valence-corrected chi connectivity index (χ3v) is 4.84. The molecule has 2 aliphatic heterocycles. The Kier molecular flexibility index (Phi) is 4.64. The fourth-order valence-electron chi connectivity index (χ4n) is 3.75. The fourth-order valence-corrected chi connectivity index (χ4v) is 3.75. The summed E-state index contributed by atoms with van der Waals surface area (Å²) in [7, 11) is 0. The van der Waals surface area contributed by atoms with E-state index in [1.165, 1.54) is 0 Å². The summed E-state index contributed by atoms with van der Waals surface area (Å²) < 4.78 is 5.47. The van der Waals surface area contributed by atoms with Crippen molar-refractivity contribution in [3.63, 3.8) is 0 Å². The van der Waals surface area contributed by atoms with Gasteiger partial charge in [-0.15, -0.1) is 0 Å². The Morgan fingerprint density at radius 2 is 2.00 bits per heavy atom. The number of amides is 2. The lowest BCUT2D eigenvalue weighted by Gasteiger charge is -2.53. The number of β-lactam (4-membered cyclic amide) rings is 1. The average Bonchev–Trinajstić information content (AvgIpc) is 3.00. The number of aliphatic hydroxyl groups excluding tert-OH is 1. The quantitative estimate of drug-likeness (QED) is 0.819. The van der Waals surface area contributed by atoms with Crippen LogP contribution in [0.2, 0.25) is 0 Å². The lowest BCUT2D eigenvalue weighted by Crippen LogP contribution is -2.74. The largest absolute Gasteiger partial charge is 0.444 e. The van der Waals surface area contributed by atoms with E-state index < -0.39 is 29.4 Å². The van der Waals surface area contributed by atoms with E-state index in [-0.39, 0.29) is 5.91 Å². The maximum Gasteiger partial charge on any atom is 0.411 e. The number of hydrogen-bond donors (Lipinski definition) is 1. The van der Waals surface area contributed by atoms with Crippen LogP contribution in [-0.2, 0) is 9.53 Å². The van der Waals surface area contributed by atoms with Gasteiger partial charge in [-0.25, -0.2) is 14.8 Å². The van der Waals surface area contributed by atoms with Crippen LogP contribution < -0.4 is 0 Å². The van der Waals surface area contributed by atoms with E-state index in [1.807, 2.05) is 0 Å². The number of aromatic nitrogens is 2. The second-order valence-electron chi connectivity index (χ2n) is 7.99. The zero-order valence-corrected chi connectivity index (χ0v) is 15.7. The van der Waals surface area contributed by atoms with E-state index in [1.54, 1.807) is 56.0 Å². The van der Waals surface area contributed by atoms with Gasteiger partial charge in [0.2, 0.25) is 0 Å². The van der Waals surface area contributed by atoms with Crippen molar-refractivity contribution in [2.75, 3.05) is 13.1 Å². The van der Waals surface area contributed by atoms with Gasteiger partial charge in [0.1, 0.15) is 17.2 Å². The zero-order valence-electron chi connectivity index (χ0n) is 15.7. The molecular formula is C18H26N4O4. The molecule has 1 aromatic rings. The first kappa shape index (κ1) is 18.6. The van der Waals surface area contributed by atoms with Crippen LogP contribution in [0.3, 0.4) is 0 Å². The van der Waals surface area contributed by atoms with Crippen LogP contribution in [0.25, 0.3) is 0 Å². The van der Waals surface area contributed by atoms with Gasteiger partial charge >= 0.3 is 6.09 Å². The first-order valence-corrected chi connectivity index (χ1v) is 8.92. The first-order valence-electron chi connectivity index (χ1n) is 8.92. The number of rotatable bonds is 3. The lowest BCUT2D eigenvalue weighted by atomic mass is 9.83. The molecule has 142 valence electrons. The highest BCUT2D eigenvalue weighted by molar-refractivity contribution is 5.96. The van der Waals surface area contributed by atoms with Crippen molar-refractivity contribution in [1.29, 1.82) is 0 Å². The predicted molar refractivity (Wildman–Crippen MR) is 93.1 cm³/mol. The summed E-state index contributed by atoms with van der Waals surface area (Å²) in [5, 5.41) is 10.2. The SMILES string of the molecule is C[C@@H](O)[C@@H](c1ncccn1)N1CC2(CCCN2C(=O)OC(C)(C)C)C1=O. The van der Waals surface area contributed by atoms with E-state index in [0.29, 0.717) is 25.3 Å². The van der Waals surface area contributed by atoms with Crippen LogP contribution in [0, 0.1) is 0 Å². The van der Waals surface area contributed by atoms with Crippen LogP contribution >= 0.6 is 0 Å². The molecule has 3 atom stereocenters. The summed E-state index contributed by atoms with van der Waals surface area (Å²) in [6, 6.07) is 1.05. The van der Waals surface area contributed by atoms with Crippen molar-refractivity contribution in [1.82, 2.24) is 19.8 Å². The maximum atomic E-state index is 13.1. The summed E-state index contributed by atoms with van der Waals surface area (Å²) in [5.41, 5.74) is -1.49. The van der Waals surface area contributed by atoms with Crippen molar-refractivity contribution < 1.29 is 19.4 Å². The van der Waals surface area contributed by atoms with Gasteiger partial charge in [0.05, 0.1) is 12.6 Å². The molecule has 3 rings (SSSR count). The van der Waals surface area contributed by atoms with Crippen molar-refractivity contribution in [3.8, 4) is 0 Å². The highest BCUT2D eigenvalue weighted by atomic mass is 16.6. The Morgan fingerprint density at radius 3 is 2.54 bits per heavy atom. The molecule has 1 unspecified atom stereocenters. The highest BCUT2D eigenvalue weighted by Gasteiger charge is 2.62. The van der Waals surface area contributed by atoms with E-state index in [0.717, 1.165) is 6.42 Å². The summed E-state index contributed by atoms with van der Waals surface area (Å²) in [6.45, 7) is 7.87. The lowest BCUT2D eigenvalue weighted by molar-refractivity contribution is -0.169. The van der Waals surface area contributed by atoms with Gasteiger partial charge in [-0.2, -0.15) is 0 Å². The van der Waals surface area contributed by atoms with Gasteiger partial charge in [-0.1, -0.05) is 0 Å². The average molecular weight is 362 g/mol. The molecule has 1 N–H and O–H groups in total. The molecule has 0 aromatic carbocycles. The summed E-state index contributed by atoms with van der Waals surface area (Å²) >= 11 is 0. The third-order valence-electron chi connectivity index (χ3n) is 4.84. The fraction of sp³-hybridized carbons (Fsp3) is 0.667. The van der Waals surface area contributed by atoms with Crippen LogP contribution in [0.4, 0.5) is 4.79 Å². The summed E-state index contributed by atoms with van der Waals surface area (Å²) in [5.74, 6) is 0.215.